The largest absolute Gasteiger partial charge is 0.329 e. The zero-order valence-corrected chi connectivity index (χ0v) is 6.65. The third-order valence-corrected chi connectivity index (χ3v) is 1.10. The average Bonchev–Trinajstić information content (AvgIpc) is 2.06. The van der Waals surface area contributed by atoms with Gasteiger partial charge in [0.05, 0.1) is 0 Å². The summed E-state index contributed by atoms with van der Waals surface area (Å²) >= 11 is 0. The van der Waals surface area contributed by atoms with Crippen LogP contribution in [0, 0.1) is 0 Å². The van der Waals surface area contributed by atoms with Crippen molar-refractivity contribution in [3.8, 4) is 0 Å². The van der Waals surface area contributed by atoms with Gasteiger partial charge in [-0.1, -0.05) is 10.3 Å². The second-order valence-corrected chi connectivity index (χ2v) is 1.78. The number of nitrogens with zero attached hydrogens (tertiary/aromatic N) is 3. The summed E-state index contributed by atoms with van der Waals surface area (Å²) in [6, 6.07) is 0. The molecular weight excluding hydrogens is 146 g/mol. The van der Waals surface area contributed by atoms with Gasteiger partial charge >= 0.3 is 5.91 Å². The van der Waals surface area contributed by atoms with E-state index in [2.05, 4.69) is 10.3 Å². The number of hydrogen-bond donors (Lipinski definition) is 0. The fourth-order valence-corrected chi connectivity index (χ4v) is 0.481. The van der Waals surface area contributed by atoms with Crippen molar-refractivity contribution in [1.29, 1.82) is 0 Å². The molecule has 0 bridgehead atoms. The molecule has 62 valence electrons. The molecule has 0 unspecified atom stereocenters. The summed E-state index contributed by atoms with van der Waals surface area (Å²) in [4.78, 5) is 20.1. The molecule has 0 spiro atoms. The maximum Gasteiger partial charge on any atom is 0.329 e. The van der Waals surface area contributed by atoms with Gasteiger partial charge in [0.15, 0.2) is 0 Å². The SMILES string of the molecule is CCN(CC)N=NC(=O)C=O. The topological polar surface area (TPSA) is 62.1 Å². The van der Waals surface area contributed by atoms with Crippen LogP contribution < -0.4 is 0 Å². The van der Waals surface area contributed by atoms with Gasteiger partial charge in [-0.15, -0.1) is 0 Å². The van der Waals surface area contributed by atoms with Crippen LogP contribution in [0.25, 0.3) is 0 Å². The molecule has 0 aliphatic carbocycles. The maximum absolute atomic E-state index is 10.3. The lowest BCUT2D eigenvalue weighted by Gasteiger charge is -2.09. The third kappa shape index (κ3) is 4.19. The van der Waals surface area contributed by atoms with Gasteiger partial charge in [0.2, 0.25) is 6.29 Å². The zero-order valence-electron chi connectivity index (χ0n) is 6.65. The summed E-state index contributed by atoms with van der Waals surface area (Å²) in [5, 5.41) is 8.21. The highest BCUT2D eigenvalue weighted by Gasteiger charge is 1.95. The molecule has 5 nitrogen and oxygen atoms in total. The fraction of sp³-hybridized carbons (Fsp3) is 0.667. The van der Waals surface area contributed by atoms with Gasteiger partial charge in [-0.25, -0.2) is 0 Å². The zero-order chi connectivity index (χ0) is 8.69. The van der Waals surface area contributed by atoms with E-state index in [0.29, 0.717) is 13.1 Å². The van der Waals surface area contributed by atoms with Crippen LogP contribution in [0.1, 0.15) is 13.8 Å². The Morgan fingerprint density at radius 2 is 2.00 bits per heavy atom. The Hall–Kier alpha value is -1.26. The van der Waals surface area contributed by atoms with E-state index in [-0.39, 0.29) is 6.29 Å². The van der Waals surface area contributed by atoms with Crippen molar-refractivity contribution in [1.82, 2.24) is 5.01 Å². The van der Waals surface area contributed by atoms with Crippen molar-refractivity contribution in [2.24, 2.45) is 10.3 Å². The Morgan fingerprint density at radius 1 is 1.45 bits per heavy atom. The number of carbonyl (C=O) groups excluding carboxylic acids is 2. The fourth-order valence-electron chi connectivity index (χ4n) is 0.481. The summed E-state index contributed by atoms with van der Waals surface area (Å²) in [7, 11) is 0. The van der Waals surface area contributed by atoms with Crippen LogP contribution in [0.2, 0.25) is 0 Å². The van der Waals surface area contributed by atoms with Gasteiger partial charge in [-0.2, -0.15) is 0 Å². The van der Waals surface area contributed by atoms with Crippen molar-refractivity contribution in [3.63, 3.8) is 0 Å². The average molecular weight is 157 g/mol. The summed E-state index contributed by atoms with van der Waals surface area (Å²) in [6.45, 7) is 5.11. The second kappa shape index (κ2) is 5.52. The smallest absolute Gasteiger partial charge is 0.292 e. The quantitative estimate of drug-likeness (QED) is 0.257. The molecule has 0 aliphatic heterocycles. The lowest BCUT2D eigenvalue weighted by atomic mass is 10.6. The Balaban J connectivity index is 3.87. The predicted molar refractivity (Wildman–Crippen MR) is 38.8 cm³/mol. The Bertz CT molecular complexity index is 163. The molecule has 0 rings (SSSR count). The number of carbonyl (C=O) groups is 2. The van der Waals surface area contributed by atoms with Crippen LogP contribution in [-0.2, 0) is 9.59 Å². The van der Waals surface area contributed by atoms with Crippen LogP contribution >= 0.6 is 0 Å². The lowest BCUT2D eigenvalue weighted by molar-refractivity contribution is -0.129. The minimum absolute atomic E-state index is 0.132. The summed E-state index contributed by atoms with van der Waals surface area (Å²) in [5.41, 5.74) is 0. The number of rotatable bonds is 4. The minimum Gasteiger partial charge on any atom is -0.292 e. The van der Waals surface area contributed by atoms with Crippen molar-refractivity contribution in [3.05, 3.63) is 0 Å². The molecule has 0 aromatic rings. The Labute approximate surface area is 65.1 Å². The highest BCUT2D eigenvalue weighted by atomic mass is 16.2. The van der Waals surface area contributed by atoms with Crippen molar-refractivity contribution < 1.29 is 9.59 Å². The first-order chi connectivity index (χ1) is 5.24. The molecule has 0 saturated heterocycles. The van der Waals surface area contributed by atoms with E-state index in [4.69, 9.17) is 0 Å². The second-order valence-electron chi connectivity index (χ2n) is 1.78. The van der Waals surface area contributed by atoms with Crippen LogP contribution in [-0.4, -0.2) is 30.3 Å². The van der Waals surface area contributed by atoms with Crippen LogP contribution in [0.15, 0.2) is 10.3 Å². The van der Waals surface area contributed by atoms with Crippen LogP contribution in [0.5, 0.6) is 0 Å². The van der Waals surface area contributed by atoms with E-state index < -0.39 is 5.91 Å². The van der Waals surface area contributed by atoms with Crippen LogP contribution in [0.4, 0.5) is 0 Å². The molecule has 0 aromatic heterocycles. The van der Waals surface area contributed by atoms with Crippen molar-refractivity contribution >= 4 is 12.2 Å². The molecule has 0 radical (unpaired) electrons. The monoisotopic (exact) mass is 157 g/mol. The first-order valence-corrected chi connectivity index (χ1v) is 3.40. The highest BCUT2D eigenvalue weighted by Crippen LogP contribution is 1.88. The maximum atomic E-state index is 10.3. The van der Waals surface area contributed by atoms with E-state index in [1.54, 1.807) is 5.01 Å². The molecule has 0 heterocycles. The van der Waals surface area contributed by atoms with Gasteiger partial charge in [-0.05, 0) is 13.8 Å². The molecule has 0 aliphatic rings. The van der Waals surface area contributed by atoms with Gasteiger partial charge in [-0.3, -0.25) is 14.6 Å². The van der Waals surface area contributed by atoms with E-state index in [9.17, 15) is 9.59 Å². The molecule has 0 saturated carbocycles. The molecule has 1 amide bonds. The number of aldehydes is 1. The Morgan fingerprint density at radius 3 is 2.36 bits per heavy atom. The van der Waals surface area contributed by atoms with Gasteiger partial charge in [0, 0.05) is 13.1 Å². The molecule has 11 heavy (non-hydrogen) atoms. The van der Waals surface area contributed by atoms with E-state index in [0.717, 1.165) is 0 Å². The van der Waals surface area contributed by atoms with E-state index in [1.165, 1.54) is 0 Å². The van der Waals surface area contributed by atoms with E-state index in [1.807, 2.05) is 13.8 Å². The summed E-state index contributed by atoms with van der Waals surface area (Å²) in [6.07, 6.45) is 0.132. The standard InChI is InChI=1S/C6H11N3O2/c1-3-9(4-2)8-7-6(11)5-10/h5H,3-4H2,1-2H3. The van der Waals surface area contributed by atoms with Crippen molar-refractivity contribution in [2.45, 2.75) is 13.8 Å². The summed E-state index contributed by atoms with van der Waals surface area (Å²) in [5.74, 6) is -0.850. The molecule has 5 heteroatoms. The van der Waals surface area contributed by atoms with E-state index >= 15 is 0 Å². The van der Waals surface area contributed by atoms with Gasteiger partial charge in [0.25, 0.3) is 0 Å². The van der Waals surface area contributed by atoms with Gasteiger partial charge in [0.1, 0.15) is 0 Å². The minimum atomic E-state index is -0.850. The lowest BCUT2D eigenvalue weighted by Crippen LogP contribution is -2.15. The van der Waals surface area contributed by atoms with Crippen molar-refractivity contribution in [2.75, 3.05) is 13.1 Å². The first kappa shape index (κ1) is 9.74. The number of amides is 1. The first-order valence-electron chi connectivity index (χ1n) is 3.40. The molecule has 0 fully saturated rings. The number of hydrogen-bond acceptors (Lipinski definition) is 3. The van der Waals surface area contributed by atoms with Gasteiger partial charge < -0.3 is 0 Å². The predicted octanol–water partition coefficient (Wildman–Crippen LogP) is 0.421. The summed E-state index contributed by atoms with van der Waals surface area (Å²) < 4.78 is 0. The van der Waals surface area contributed by atoms with Crippen LogP contribution in [0.3, 0.4) is 0 Å². The highest BCUT2D eigenvalue weighted by molar-refractivity contribution is 6.23. The molecular formula is C6H11N3O2. The molecule has 0 N–H and O–H groups in total. The third-order valence-electron chi connectivity index (χ3n) is 1.10. The normalized spacial score (nSPS) is 10.0. The molecule has 0 aromatic carbocycles. The Kier molecular flexibility index (Phi) is 4.89. The molecule has 0 atom stereocenters.